The van der Waals surface area contributed by atoms with Crippen molar-refractivity contribution in [1.29, 1.82) is 0 Å². The van der Waals surface area contributed by atoms with E-state index in [4.69, 9.17) is 0 Å². The zero-order chi connectivity index (χ0) is 14.4. The second kappa shape index (κ2) is 7.58. The highest BCUT2D eigenvalue weighted by molar-refractivity contribution is 9.10. The van der Waals surface area contributed by atoms with Crippen LogP contribution in [0, 0.1) is 0 Å². The number of hydrogen-bond acceptors (Lipinski definition) is 2. The average Bonchev–Trinajstić information content (AvgIpc) is 2.46. The molecule has 1 unspecified atom stereocenters. The van der Waals surface area contributed by atoms with Crippen LogP contribution < -0.4 is 5.32 Å². The van der Waals surface area contributed by atoms with Crippen molar-refractivity contribution in [3.63, 3.8) is 0 Å². The summed E-state index contributed by atoms with van der Waals surface area (Å²) in [6, 6.07) is 19.5. The maximum Gasteiger partial charge on any atom is 0.0466 e. The van der Waals surface area contributed by atoms with Crippen LogP contribution >= 0.6 is 15.9 Å². The number of hydrogen-bond donors (Lipinski definition) is 1. The van der Waals surface area contributed by atoms with E-state index in [1.165, 1.54) is 11.1 Å². The summed E-state index contributed by atoms with van der Waals surface area (Å²) in [5.74, 6) is 0. The van der Waals surface area contributed by atoms with Gasteiger partial charge in [0.1, 0.15) is 0 Å². The number of benzene rings is 2. The lowest BCUT2D eigenvalue weighted by molar-refractivity contribution is 0.288. The Kier molecular flexibility index (Phi) is 5.77. The van der Waals surface area contributed by atoms with Gasteiger partial charge in [-0.25, -0.2) is 0 Å². The van der Waals surface area contributed by atoms with Crippen LogP contribution in [0.2, 0.25) is 0 Å². The molecule has 0 amide bonds. The molecule has 0 bridgehead atoms. The van der Waals surface area contributed by atoms with Crippen molar-refractivity contribution in [2.24, 2.45) is 0 Å². The zero-order valence-corrected chi connectivity index (χ0v) is 13.6. The Balaban J connectivity index is 1.91. The first-order valence-electron chi connectivity index (χ1n) is 6.83. The van der Waals surface area contributed by atoms with Gasteiger partial charge in [0.25, 0.3) is 0 Å². The number of rotatable bonds is 6. The Morgan fingerprint density at radius 2 is 1.65 bits per heavy atom. The molecule has 3 heteroatoms. The number of nitrogens with one attached hydrogen (secondary N) is 1. The highest BCUT2D eigenvalue weighted by Crippen LogP contribution is 2.17. The third kappa shape index (κ3) is 4.44. The van der Waals surface area contributed by atoms with Gasteiger partial charge in [0.15, 0.2) is 0 Å². The second-order valence-electron chi connectivity index (χ2n) is 5.15. The highest BCUT2D eigenvalue weighted by Gasteiger charge is 2.12. The highest BCUT2D eigenvalue weighted by atomic mass is 79.9. The second-order valence-corrected chi connectivity index (χ2v) is 6.06. The first kappa shape index (κ1) is 15.2. The van der Waals surface area contributed by atoms with Crippen LogP contribution in [0.3, 0.4) is 0 Å². The minimum Gasteiger partial charge on any atom is -0.311 e. The number of halogens is 1. The summed E-state index contributed by atoms with van der Waals surface area (Å²) in [6.45, 7) is 1.83. The van der Waals surface area contributed by atoms with Gasteiger partial charge in [-0.2, -0.15) is 0 Å². The van der Waals surface area contributed by atoms with Crippen LogP contribution in [0.1, 0.15) is 17.2 Å². The van der Waals surface area contributed by atoms with Gasteiger partial charge in [0, 0.05) is 23.6 Å². The molecule has 2 nitrogen and oxygen atoms in total. The van der Waals surface area contributed by atoms with Gasteiger partial charge < -0.3 is 10.2 Å². The van der Waals surface area contributed by atoms with Gasteiger partial charge >= 0.3 is 0 Å². The smallest absolute Gasteiger partial charge is 0.0466 e. The molecule has 20 heavy (non-hydrogen) atoms. The summed E-state index contributed by atoms with van der Waals surface area (Å²) < 4.78 is 1.12. The van der Waals surface area contributed by atoms with E-state index in [0.29, 0.717) is 6.04 Å². The molecule has 0 saturated carbocycles. The molecule has 2 aromatic rings. The molecule has 0 spiro atoms. The third-order valence-electron chi connectivity index (χ3n) is 3.39. The quantitative estimate of drug-likeness (QED) is 0.864. The van der Waals surface area contributed by atoms with Crippen molar-refractivity contribution in [3.05, 3.63) is 70.2 Å². The van der Waals surface area contributed by atoms with E-state index in [0.717, 1.165) is 17.6 Å². The summed E-state index contributed by atoms with van der Waals surface area (Å²) in [7, 11) is 4.25. The molecule has 106 valence electrons. The Bertz CT molecular complexity index is 508. The Hall–Kier alpha value is -1.16. The van der Waals surface area contributed by atoms with Gasteiger partial charge in [-0.3, -0.25) is 0 Å². The predicted molar refractivity (Wildman–Crippen MR) is 88.7 cm³/mol. The molecule has 1 N–H and O–H groups in total. The molecule has 0 heterocycles. The molecule has 0 aliphatic carbocycles. The maximum absolute atomic E-state index is 3.54. The van der Waals surface area contributed by atoms with Gasteiger partial charge in [-0.15, -0.1) is 0 Å². The van der Waals surface area contributed by atoms with Crippen molar-refractivity contribution in [2.75, 3.05) is 20.6 Å². The van der Waals surface area contributed by atoms with E-state index in [1.54, 1.807) is 0 Å². The molecule has 1 atom stereocenters. The van der Waals surface area contributed by atoms with Crippen LogP contribution in [0.15, 0.2) is 59.1 Å². The normalized spacial score (nSPS) is 12.6. The van der Waals surface area contributed by atoms with Gasteiger partial charge in [-0.1, -0.05) is 58.4 Å². The summed E-state index contributed by atoms with van der Waals surface area (Å²) in [4.78, 5) is 2.25. The van der Waals surface area contributed by atoms with Gasteiger partial charge in [0.2, 0.25) is 0 Å². The molecule has 2 aromatic carbocycles. The standard InChI is InChI=1S/C17H21BrN2/c1-20(2)17(15-6-4-3-5-7-15)13-19-12-14-8-10-16(18)11-9-14/h3-11,17,19H,12-13H2,1-2H3. The van der Waals surface area contributed by atoms with Gasteiger partial charge in [-0.05, 0) is 37.4 Å². The average molecular weight is 333 g/mol. The van der Waals surface area contributed by atoms with Crippen LogP contribution in [0.5, 0.6) is 0 Å². The lowest BCUT2D eigenvalue weighted by Gasteiger charge is -2.25. The summed E-state index contributed by atoms with van der Waals surface area (Å²) >= 11 is 3.46. The molecule has 0 aromatic heterocycles. The van der Waals surface area contributed by atoms with E-state index >= 15 is 0 Å². The van der Waals surface area contributed by atoms with E-state index in [2.05, 4.69) is 94.8 Å². The van der Waals surface area contributed by atoms with Crippen molar-refractivity contribution in [3.8, 4) is 0 Å². The fourth-order valence-electron chi connectivity index (χ4n) is 2.23. The van der Waals surface area contributed by atoms with Crippen LogP contribution in [0.25, 0.3) is 0 Å². The summed E-state index contributed by atoms with van der Waals surface area (Å²) in [5.41, 5.74) is 2.65. The fraction of sp³-hybridized carbons (Fsp3) is 0.294. The SMILES string of the molecule is CN(C)C(CNCc1ccc(Br)cc1)c1ccccc1. The Morgan fingerprint density at radius 3 is 2.25 bits per heavy atom. The topological polar surface area (TPSA) is 15.3 Å². The van der Waals surface area contributed by atoms with Crippen molar-refractivity contribution in [2.45, 2.75) is 12.6 Å². The molecular formula is C17H21BrN2. The van der Waals surface area contributed by atoms with Crippen molar-refractivity contribution in [1.82, 2.24) is 10.2 Å². The largest absolute Gasteiger partial charge is 0.311 e. The molecule has 0 fully saturated rings. The number of likely N-dealkylation sites (N-methyl/N-ethyl adjacent to an activating group) is 1. The molecule has 0 aliphatic rings. The van der Waals surface area contributed by atoms with E-state index < -0.39 is 0 Å². The molecule has 0 aliphatic heterocycles. The first-order chi connectivity index (χ1) is 9.66. The molecular weight excluding hydrogens is 312 g/mol. The maximum atomic E-state index is 3.54. The third-order valence-corrected chi connectivity index (χ3v) is 3.92. The van der Waals surface area contributed by atoms with Crippen LogP contribution in [0.4, 0.5) is 0 Å². The molecule has 0 radical (unpaired) electrons. The van der Waals surface area contributed by atoms with E-state index in [9.17, 15) is 0 Å². The van der Waals surface area contributed by atoms with Crippen molar-refractivity contribution >= 4 is 15.9 Å². The number of nitrogens with zero attached hydrogens (tertiary/aromatic N) is 1. The van der Waals surface area contributed by atoms with Gasteiger partial charge in [0.05, 0.1) is 0 Å². The Labute approximate surface area is 129 Å². The minimum absolute atomic E-state index is 0.395. The van der Waals surface area contributed by atoms with Crippen LogP contribution in [-0.4, -0.2) is 25.5 Å². The lowest BCUT2D eigenvalue weighted by Crippen LogP contribution is -2.30. The molecule has 2 rings (SSSR count). The minimum atomic E-state index is 0.395. The van der Waals surface area contributed by atoms with E-state index in [-0.39, 0.29) is 0 Å². The predicted octanol–water partition coefficient (Wildman–Crippen LogP) is 3.84. The van der Waals surface area contributed by atoms with Crippen molar-refractivity contribution < 1.29 is 0 Å². The summed E-state index contributed by atoms with van der Waals surface area (Å²) in [6.07, 6.45) is 0. The Morgan fingerprint density at radius 1 is 1.00 bits per heavy atom. The monoisotopic (exact) mass is 332 g/mol. The first-order valence-corrected chi connectivity index (χ1v) is 7.62. The molecule has 0 saturated heterocycles. The van der Waals surface area contributed by atoms with Crippen LogP contribution in [-0.2, 0) is 6.54 Å². The van der Waals surface area contributed by atoms with E-state index in [1.807, 2.05) is 0 Å². The zero-order valence-electron chi connectivity index (χ0n) is 12.0. The lowest BCUT2D eigenvalue weighted by atomic mass is 10.1. The summed E-state index contributed by atoms with van der Waals surface area (Å²) in [5, 5.41) is 3.54. The fourth-order valence-corrected chi connectivity index (χ4v) is 2.49.